The first-order chi connectivity index (χ1) is 11.7. The number of halogens is 1. The molecule has 0 fully saturated rings. The second-order valence-electron chi connectivity index (χ2n) is 6.92. The monoisotopic (exact) mass is 358 g/mol. The van der Waals surface area contributed by atoms with Gasteiger partial charge in [-0.2, -0.15) is 0 Å². The van der Waals surface area contributed by atoms with Gasteiger partial charge in [0.05, 0.1) is 0 Å². The summed E-state index contributed by atoms with van der Waals surface area (Å²) in [4.78, 5) is 24.2. The highest BCUT2D eigenvalue weighted by atomic mass is 35.5. The van der Waals surface area contributed by atoms with E-state index in [1.165, 1.54) is 0 Å². The molecule has 0 unspecified atom stereocenters. The van der Waals surface area contributed by atoms with Gasteiger partial charge in [0, 0.05) is 28.2 Å². The Hall–Kier alpha value is -2.33. The van der Waals surface area contributed by atoms with E-state index in [0.29, 0.717) is 29.1 Å². The van der Waals surface area contributed by atoms with Crippen molar-refractivity contribution in [2.24, 2.45) is 0 Å². The molecule has 5 heteroatoms. The Morgan fingerprint density at radius 1 is 0.960 bits per heavy atom. The SMILES string of the molecule is CC(C)(C)NC(=O)c1ccc(C(=O)NCCc2cccc(Cl)c2)cc1. The van der Waals surface area contributed by atoms with Crippen LogP contribution in [0.1, 0.15) is 47.1 Å². The second kappa shape index (κ2) is 8.17. The van der Waals surface area contributed by atoms with Gasteiger partial charge in [-0.1, -0.05) is 23.7 Å². The molecule has 2 amide bonds. The number of rotatable bonds is 5. The quantitative estimate of drug-likeness (QED) is 0.853. The fourth-order valence-electron chi connectivity index (χ4n) is 2.30. The third-order valence-electron chi connectivity index (χ3n) is 3.49. The summed E-state index contributed by atoms with van der Waals surface area (Å²) in [5.74, 6) is -0.315. The van der Waals surface area contributed by atoms with E-state index in [0.717, 1.165) is 5.56 Å². The molecule has 0 saturated carbocycles. The zero-order valence-corrected chi connectivity index (χ0v) is 15.5. The number of amides is 2. The molecule has 0 atom stereocenters. The number of nitrogens with one attached hydrogen (secondary N) is 2. The summed E-state index contributed by atoms with van der Waals surface area (Å²) in [6.07, 6.45) is 0.707. The molecular formula is C20H23ClN2O2. The molecule has 2 aromatic rings. The standard InChI is InChI=1S/C20H23ClN2O2/c1-20(2,3)23-19(25)16-9-7-15(8-10-16)18(24)22-12-11-14-5-4-6-17(21)13-14/h4-10,13H,11-12H2,1-3H3,(H,22,24)(H,23,25). The van der Waals surface area contributed by atoms with Crippen LogP contribution in [0.15, 0.2) is 48.5 Å². The molecular weight excluding hydrogens is 336 g/mol. The van der Waals surface area contributed by atoms with E-state index in [-0.39, 0.29) is 17.4 Å². The van der Waals surface area contributed by atoms with Crippen molar-refractivity contribution in [3.05, 3.63) is 70.2 Å². The number of hydrogen-bond acceptors (Lipinski definition) is 2. The largest absolute Gasteiger partial charge is 0.352 e. The van der Waals surface area contributed by atoms with Crippen molar-refractivity contribution in [1.29, 1.82) is 0 Å². The van der Waals surface area contributed by atoms with Gasteiger partial charge >= 0.3 is 0 Å². The lowest BCUT2D eigenvalue weighted by Gasteiger charge is -2.20. The third-order valence-corrected chi connectivity index (χ3v) is 3.72. The van der Waals surface area contributed by atoms with Crippen LogP contribution >= 0.6 is 11.6 Å². The van der Waals surface area contributed by atoms with Gasteiger partial charge in [-0.3, -0.25) is 9.59 Å². The van der Waals surface area contributed by atoms with Gasteiger partial charge in [0.25, 0.3) is 11.8 Å². The molecule has 0 heterocycles. The van der Waals surface area contributed by atoms with E-state index in [1.54, 1.807) is 24.3 Å². The Kier molecular flexibility index (Phi) is 6.21. The topological polar surface area (TPSA) is 58.2 Å². The average molecular weight is 359 g/mol. The van der Waals surface area contributed by atoms with E-state index >= 15 is 0 Å². The van der Waals surface area contributed by atoms with Crippen molar-refractivity contribution >= 4 is 23.4 Å². The fraction of sp³-hybridized carbons (Fsp3) is 0.300. The first kappa shape index (κ1) is 19.0. The molecule has 2 rings (SSSR count). The minimum atomic E-state index is -0.298. The predicted molar refractivity (Wildman–Crippen MR) is 101 cm³/mol. The summed E-state index contributed by atoms with van der Waals surface area (Å²) in [6, 6.07) is 14.2. The van der Waals surface area contributed by atoms with Gasteiger partial charge in [-0.15, -0.1) is 0 Å². The summed E-state index contributed by atoms with van der Waals surface area (Å²) in [6.45, 7) is 6.29. The smallest absolute Gasteiger partial charge is 0.251 e. The van der Waals surface area contributed by atoms with Gasteiger partial charge in [0.15, 0.2) is 0 Å². The van der Waals surface area contributed by atoms with Gasteiger partial charge in [0.2, 0.25) is 0 Å². The summed E-state index contributed by atoms with van der Waals surface area (Å²) in [5.41, 5.74) is 1.83. The molecule has 25 heavy (non-hydrogen) atoms. The number of benzene rings is 2. The lowest BCUT2D eigenvalue weighted by atomic mass is 10.1. The maximum Gasteiger partial charge on any atom is 0.251 e. The molecule has 0 radical (unpaired) electrons. The van der Waals surface area contributed by atoms with Crippen molar-refractivity contribution in [3.8, 4) is 0 Å². The van der Waals surface area contributed by atoms with Crippen molar-refractivity contribution < 1.29 is 9.59 Å². The highest BCUT2D eigenvalue weighted by molar-refractivity contribution is 6.30. The Morgan fingerprint density at radius 2 is 1.56 bits per heavy atom. The Morgan fingerprint density at radius 3 is 2.12 bits per heavy atom. The summed E-state index contributed by atoms with van der Waals surface area (Å²) >= 11 is 5.94. The van der Waals surface area contributed by atoms with Gasteiger partial charge in [-0.05, 0) is 69.2 Å². The van der Waals surface area contributed by atoms with E-state index in [2.05, 4.69) is 10.6 Å². The zero-order chi connectivity index (χ0) is 18.4. The van der Waals surface area contributed by atoms with Crippen molar-refractivity contribution in [3.63, 3.8) is 0 Å². The van der Waals surface area contributed by atoms with E-state index in [1.807, 2.05) is 45.0 Å². The lowest BCUT2D eigenvalue weighted by molar-refractivity contribution is 0.0915. The van der Waals surface area contributed by atoms with Crippen molar-refractivity contribution in [2.75, 3.05) is 6.54 Å². The van der Waals surface area contributed by atoms with Crippen LogP contribution in [0.2, 0.25) is 5.02 Å². The number of hydrogen-bond donors (Lipinski definition) is 2. The van der Waals surface area contributed by atoms with E-state index in [9.17, 15) is 9.59 Å². The van der Waals surface area contributed by atoms with Gasteiger partial charge in [0.1, 0.15) is 0 Å². The molecule has 0 aliphatic rings. The minimum Gasteiger partial charge on any atom is -0.352 e. The molecule has 2 aromatic carbocycles. The van der Waals surface area contributed by atoms with Crippen molar-refractivity contribution in [1.82, 2.24) is 10.6 Å². The van der Waals surface area contributed by atoms with Gasteiger partial charge in [-0.25, -0.2) is 0 Å². The van der Waals surface area contributed by atoms with Crippen LogP contribution in [-0.4, -0.2) is 23.9 Å². The Balaban J connectivity index is 1.88. The molecule has 2 N–H and O–H groups in total. The number of carbonyl (C=O) groups excluding carboxylic acids is 2. The normalized spacial score (nSPS) is 11.0. The Bertz CT molecular complexity index is 749. The first-order valence-corrected chi connectivity index (χ1v) is 8.58. The van der Waals surface area contributed by atoms with Crippen LogP contribution in [0.4, 0.5) is 0 Å². The Labute approximate surface area is 153 Å². The maximum absolute atomic E-state index is 12.2. The minimum absolute atomic E-state index is 0.152. The predicted octanol–water partition coefficient (Wildman–Crippen LogP) is 3.84. The van der Waals surface area contributed by atoms with Crippen molar-refractivity contribution in [2.45, 2.75) is 32.7 Å². The van der Waals surface area contributed by atoms with E-state index < -0.39 is 0 Å². The summed E-state index contributed by atoms with van der Waals surface area (Å²) in [5, 5.41) is 6.45. The molecule has 0 aliphatic carbocycles. The van der Waals surface area contributed by atoms with Crippen LogP contribution in [-0.2, 0) is 6.42 Å². The van der Waals surface area contributed by atoms with E-state index in [4.69, 9.17) is 11.6 Å². The molecule has 0 spiro atoms. The third kappa shape index (κ3) is 6.24. The van der Waals surface area contributed by atoms with Crippen LogP contribution < -0.4 is 10.6 Å². The molecule has 0 bridgehead atoms. The summed E-state index contributed by atoms with van der Waals surface area (Å²) < 4.78 is 0. The maximum atomic E-state index is 12.2. The molecule has 0 saturated heterocycles. The molecule has 0 aromatic heterocycles. The second-order valence-corrected chi connectivity index (χ2v) is 7.35. The molecule has 0 aliphatic heterocycles. The molecule has 4 nitrogen and oxygen atoms in total. The first-order valence-electron chi connectivity index (χ1n) is 8.20. The van der Waals surface area contributed by atoms with Crippen LogP contribution in [0.3, 0.4) is 0 Å². The van der Waals surface area contributed by atoms with Gasteiger partial charge < -0.3 is 10.6 Å². The van der Waals surface area contributed by atoms with Crippen LogP contribution in [0.25, 0.3) is 0 Å². The molecule has 132 valence electrons. The number of carbonyl (C=O) groups is 2. The average Bonchev–Trinajstić information content (AvgIpc) is 2.53. The highest BCUT2D eigenvalue weighted by Gasteiger charge is 2.15. The van der Waals surface area contributed by atoms with Crippen LogP contribution in [0, 0.1) is 0 Å². The summed E-state index contributed by atoms with van der Waals surface area (Å²) in [7, 11) is 0. The van der Waals surface area contributed by atoms with Crippen LogP contribution in [0.5, 0.6) is 0 Å². The lowest BCUT2D eigenvalue weighted by Crippen LogP contribution is -2.40. The zero-order valence-electron chi connectivity index (χ0n) is 14.7. The highest BCUT2D eigenvalue weighted by Crippen LogP contribution is 2.11. The fourth-order valence-corrected chi connectivity index (χ4v) is 2.51.